The monoisotopic (exact) mass is 286 g/mol. The van der Waals surface area contributed by atoms with Gasteiger partial charge in [0.05, 0.1) is 0 Å². The molecule has 4 heteroatoms. The van der Waals surface area contributed by atoms with Gasteiger partial charge in [-0.25, -0.2) is 0 Å². The Balaban J connectivity index is 2.68. The van der Waals surface area contributed by atoms with Gasteiger partial charge in [-0.1, -0.05) is 13.8 Å². The van der Waals surface area contributed by atoms with Gasteiger partial charge in [0, 0.05) is 38.8 Å². The van der Waals surface area contributed by atoms with Crippen LogP contribution in [0, 0.1) is 5.41 Å². The smallest absolute Gasteiger partial charge is 0.158 e. The SMILES string of the molecule is COC(CC(C)(CN)N(C)C1CCC(C)(C)CC1)OC. The lowest BCUT2D eigenvalue weighted by Crippen LogP contribution is -2.56. The highest BCUT2D eigenvalue weighted by Gasteiger charge is 2.38. The average molecular weight is 286 g/mol. The number of rotatable bonds is 7. The van der Waals surface area contributed by atoms with E-state index in [1.807, 2.05) is 0 Å². The van der Waals surface area contributed by atoms with E-state index in [-0.39, 0.29) is 11.8 Å². The fourth-order valence-electron chi connectivity index (χ4n) is 3.21. The molecule has 0 spiro atoms. The Morgan fingerprint density at radius 2 is 1.75 bits per heavy atom. The zero-order chi connectivity index (χ0) is 15.4. The molecule has 120 valence electrons. The van der Waals surface area contributed by atoms with Gasteiger partial charge in [-0.05, 0) is 45.1 Å². The summed E-state index contributed by atoms with van der Waals surface area (Å²) in [5, 5.41) is 0. The maximum atomic E-state index is 6.07. The molecule has 0 amide bonds. The molecule has 20 heavy (non-hydrogen) atoms. The summed E-state index contributed by atoms with van der Waals surface area (Å²) in [6, 6.07) is 0.617. The topological polar surface area (TPSA) is 47.7 Å². The lowest BCUT2D eigenvalue weighted by atomic mass is 9.74. The van der Waals surface area contributed by atoms with Crippen molar-refractivity contribution < 1.29 is 9.47 Å². The van der Waals surface area contributed by atoms with Crippen LogP contribution >= 0.6 is 0 Å². The molecule has 1 saturated carbocycles. The molecular formula is C16H34N2O2. The van der Waals surface area contributed by atoms with E-state index in [2.05, 4.69) is 32.7 Å². The second kappa shape index (κ2) is 7.21. The van der Waals surface area contributed by atoms with Crippen molar-refractivity contribution in [3.63, 3.8) is 0 Å². The Hall–Kier alpha value is -0.160. The number of hydrogen-bond donors (Lipinski definition) is 1. The second-order valence-corrected chi connectivity index (χ2v) is 7.31. The fraction of sp³-hybridized carbons (Fsp3) is 1.00. The summed E-state index contributed by atoms with van der Waals surface area (Å²) in [6.07, 6.45) is 5.70. The van der Waals surface area contributed by atoms with Gasteiger partial charge in [0.1, 0.15) is 0 Å². The molecule has 1 atom stereocenters. The van der Waals surface area contributed by atoms with E-state index in [9.17, 15) is 0 Å². The van der Waals surface area contributed by atoms with Crippen molar-refractivity contribution in [1.29, 1.82) is 0 Å². The van der Waals surface area contributed by atoms with Crippen LogP contribution in [0.1, 0.15) is 52.9 Å². The van der Waals surface area contributed by atoms with E-state index >= 15 is 0 Å². The number of nitrogens with zero attached hydrogens (tertiary/aromatic N) is 1. The third-order valence-electron chi connectivity index (χ3n) is 5.28. The van der Waals surface area contributed by atoms with Crippen LogP contribution < -0.4 is 5.73 Å². The number of likely N-dealkylation sites (N-methyl/N-ethyl adjacent to an activating group) is 1. The van der Waals surface area contributed by atoms with Gasteiger partial charge in [0.15, 0.2) is 6.29 Å². The van der Waals surface area contributed by atoms with Gasteiger partial charge in [-0.3, -0.25) is 4.90 Å². The molecule has 1 unspecified atom stereocenters. The second-order valence-electron chi connectivity index (χ2n) is 7.31. The molecule has 4 nitrogen and oxygen atoms in total. The predicted octanol–water partition coefficient (Wildman–Crippen LogP) is 2.61. The molecule has 0 aromatic rings. The number of hydrogen-bond acceptors (Lipinski definition) is 4. The normalized spacial score (nSPS) is 23.2. The predicted molar refractivity (Wildman–Crippen MR) is 83.7 cm³/mol. The third-order valence-corrected chi connectivity index (χ3v) is 5.28. The van der Waals surface area contributed by atoms with E-state index in [0.717, 1.165) is 6.42 Å². The first-order valence-electron chi connectivity index (χ1n) is 7.76. The summed E-state index contributed by atoms with van der Waals surface area (Å²) < 4.78 is 10.7. The fourth-order valence-corrected chi connectivity index (χ4v) is 3.21. The third kappa shape index (κ3) is 4.42. The Morgan fingerprint density at radius 3 is 2.15 bits per heavy atom. The van der Waals surface area contributed by atoms with E-state index in [1.165, 1.54) is 25.7 Å². The molecule has 0 aromatic carbocycles. The number of nitrogens with two attached hydrogens (primary N) is 1. The van der Waals surface area contributed by atoms with Crippen LogP contribution in [0.4, 0.5) is 0 Å². The van der Waals surface area contributed by atoms with Crippen LogP contribution in [-0.2, 0) is 9.47 Å². The van der Waals surface area contributed by atoms with Crippen LogP contribution in [0.25, 0.3) is 0 Å². The maximum Gasteiger partial charge on any atom is 0.158 e. The van der Waals surface area contributed by atoms with Crippen molar-refractivity contribution in [3.8, 4) is 0 Å². The molecule has 0 radical (unpaired) electrons. The van der Waals surface area contributed by atoms with E-state index in [4.69, 9.17) is 15.2 Å². The molecule has 2 N–H and O–H groups in total. The number of methoxy groups -OCH3 is 2. The van der Waals surface area contributed by atoms with Gasteiger partial charge >= 0.3 is 0 Å². The Kier molecular flexibility index (Phi) is 6.45. The standard InChI is InChI=1S/C16H34N2O2/c1-15(2)9-7-13(8-10-15)18(4)16(3,12-17)11-14(19-5)20-6/h13-14H,7-12,17H2,1-6H3. The first-order valence-corrected chi connectivity index (χ1v) is 7.76. The van der Waals surface area contributed by atoms with Gasteiger partial charge in [-0.2, -0.15) is 0 Å². The molecule has 0 bridgehead atoms. The quantitative estimate of drug-likeness (QED) is 0.731. The number of ether oxygens (including phenoxy) is 2. The first-order chi connectivity index (χ1) is 9.28. The first kappa shape index (κ1) is 17.9. The minimum absolute atomic E-state index is 0.0805. The van der Waals surface area contributed by atoms with Crippen LogP contribution in [0.2, 0.25) is 0 Å². The zero-order valence-electron chi connectivity index (χ0n) is 14.2. The van der Waals surface area contributed by atoms with Crippen molar-refractivity contribution in [1.82, 2.24) is 4.90 Å². The van der Waals surface area contributed by atoms with Gasteiger partial charge in [-0.15, -0.1) is 0 Å². The molecule has 1 aliphatic rings. The molecule has 0 aliphatic heterocycles. The van der Waals surface area contributed by atoms with Gasteiger partial charge < -0.3 is 15.2 Å². The largest absolute Gasteiger partial charge is 0.356 e. The molecule has 1 aliphatic carbocycles. The van der Waals surface area contributed by atoms with Crippen LogP contribution in [-0.4, -0.2) is 50.6 Å². The van der Waals surface area contributed by atoms with Crippen molar-refractivity contribution in [2.75, 3.05) is 27.8 Å². The minimum atomic E-state index is -0.189. The van der Waals surface area contributed by atoms with Crippen LogP contribution in [0.15, 0.2) is 0 Å². The molecule has 1 rings (SSSR count). The lowest BCUT2D eigenvalue weighted by molar-refractivity contribution is -0.131. The Morgan fingerprint density at radius 1 is 1.25 bits per heavy atom. The van der Waals surface area contributed by atoms with E-state index in [0.29, 0.717) is 18.0 Å². The van der Waals surface area contributed by atoms with Crippen molar-refractivity contribution in [2.45, 2.75) is 70.7 Å². The highest BCUT2D eigenvalue weighted by molar-refractivity contribution is 4.93. The van der Waals surface area contributed by atoms with Crippen molar-refractivity contribution in [2.24, 2.45) is 11.1 Å². The van der Waals surface area contributed by atoms with Gasteiger partial charge in [0.25, 0.3) is 0 Å². The molecule has 1 fully saturated rings. The molecule has 0 saturated heterocycles. The zero-order valence-corrected chi connectivity index (χ0v) is 14.2. The molecular weight excluding hydrogens is 252 g/mol. The minimum Gasteiger partial charge on any atom is -0.356 e. The highest BCUT2D eigenvalue weighted by atomic mass is 16.7. The highest BCUT2D eigenvalue weighted by Crippen LogP contribution is 2.38. The summed E-state index contributed by atoms with van der Waals surface area (Å²) in [7, 11) is 5.58. The lowest BCUT2D eigenvalue weighted by Gasteiger charge is -2.47. The molecule has 0 heterocycles. The van der Waals surface area contributed by atoms with Crippen LogP contribution in [0.3, 0.4) is 0 Å². The Labute approximate surface area is 125 Å². The van der Waals surface area contributed by atoms with Crippen molar-refractivity contribution in [3.05, 3.63) is 0 Å². The Bertz CT molecular complexity index is 282. The van der Waals surface area contributed by atoms with E-state index < -0.39 is 0 Å². The maximum absolute atomic E-state index is 6.07. The molecule has 0 aromatic heterocycles. The summed E-state index contributed by atoms with van der Waals surface area (Å²) in [4.78, 5) is 2.47. The van der Waals surface area contributed by atoms with E-state index in [1.54, 1.807) is 14.2 Å². The summed E-state index contributed by atoms with van der Waals surface area (Å²) in [6.45, 7) is 7.58. The summed E-state index contributed by atoms with van der Waals surface area (Å²) in [5.74, 6) is 0. The van der Waals surface area contributed by atoms with Gasteiger partial charge in [0.2, 0.25) is 0 Å². The summed E-state index contributed by atoms with van der Waals surface area (Å²) >= 11 is 0. The van der Waals surface area contributed by atoms with Crippen molar-refractivity contribution >= 4 is 0 Å². The summed E-state index contributed by atoms with van der Waals surface area (Å²) in [5.41, 5.74) is 6.49. The van der Waals surface area contributed by atoms with Crippen LogP contribution in [0.5, 0.6) is 0 Å². The average Bonchev–Trinajstić information content (AvgIpc) is 2.43.